The molecule has 0 saturated carbocycles. The number of carbonyl (C=O) groups is 4. The fourth-order valence-electron chi connectivity index (χ4n) is 8.23. The highest BCUT2D eigenvalue weighted by Crippen LogP contribution is 2.30. The molecule has 1 saturated heterocycles. The van der Waals surface area contributed by atoms with Crippen molar-refractivity contribution >= 4 is 29.3 Å². The Labute approximate surface area is 361 Å². The van der Waals surface area contributed by atoms with Crippen molar-refractivity contribution in [1.82, 2.24) is 25.3 Å². The Hall–Kier alpha value is -4.04. The summed E-state index contributed by atoms with van der Waals surface area (Å²) in [5, 5.41) is 16.7. The number of likely N-dealkylation sites (N-methyl/N-ethyl adjacent to an activating group) is 2. The van der Waals surface area contributed by atoms with Crippen LogP contribution >= 0.6 is 0 Å². The number of hydrogen-bond acceptors (Lipinski definition) is 9. The minimum absolute atomic E-state index is 0.00610. The Morgan fingerprint density at radius 1 is 0.917 bits per heavy atom. The van der Waals surface area contributed by atoms with E-state index in [0.717, 1.165) is 24.8 Å². The van der Waals surface area contributed by atoms with E-state index < -0.39 is 42.4 Å². The lowest BCUT2D eigenvalue weighted by atomic mass is 9.90. The Balaban J connectivity index is 0.00000401. The molecule has 1 aliphatic heterocycles. The number of nitrogens with one attached hydrogen (secondary N) is 2. The number of likely N-dealkylation sites (tertiary alicyclic amines) is 1. The van der Waals surface area contributed by atoms with Crippen LogP contribution in [0.4, 0.5) is 5.69 Å². The van der Waals surface area contributed by atoms with Crippen molar-refractivity contribution in [1.29, 1.82) is 0 Å². The molecule has 5 N–H and O–H groups in total. The van der Waals surface area contributed by atoms with Crippen LogP contribution in [0.3, 0.4) is 0 Å². The van der Waals surface area contributed by atoms with Gasteiger partial charge in [0.05, 0.1) is 61.4 Å². The van der Waals surface area contributed by atoms with E-state index in [1.54, 1.807) is 44.9 Å². The summed E-state index contributed by atoms with van der Waals surface area (Å²) >= 11 is 0. The van der Waals surface area contributed by atoms with Crippen LogP contribution in [0.15, 0.2) is 54.6 Å². The predicted molar refractivity (Wildman–Crippen MR) is 240 cm³/mol. The van der Waals surface area contributed by atoms with E-state index in [9.17, 15) is 24.3 Å². The molecular formula is C47H78N6O7. The lowest BCUT2D eigenvalue weighted by molar-refractivity contribution is -0.146. The van der Waals surface area contributed by atoms with Gasteiger partial charge in [-0.3, -0.25) is 24.1 Å². The second kappa shape index (κ2) is 26.3. The van der Waals surface area contributed by atoms with E-state index in [1.165, 1.54) is 6.42 Å². The molecule has 9 unspecified atom stereocenters. The third-order valence-electron chi connectivity index (χ3n) is 11.8. The molecule has 1 fully saturated rings. The van der Waals surface area contributed by atoms with Gasteiger partial charge in [0.2, 0.25) is 23.6 Å². The molecule has 0 bridgehead atoms. The average molecular weight is 839 g/mol. The molecule has 13 nitrogen and oxygen atoms in total. The first-order chi connectivity index (χ1) is 28.5. The zero-order valence-corrected chi connectivity index (χ0v) is 38.6. The topological polar surface area (TPSA) is 167 Å². The summed E-state index contributed by atoms with van der Waals surface area (Å²) in [6.07, 6.45) is 2.10. The van der Waals surface area contributed by atoms with Gasteiger partial charge in [-0.2, -0.15) is 0 Å². The average Bonchev–Trinajstić information content (AvgIpc) is 3.72. The SMILES string of the molecule is CCC.CCC(C)C(C(CC(=O)N1CCCC1C(OC)C(C)C(=O)NC(C)C(O)c1ccccc1)OC)N(C)C(=O)CNC(=O)C(C(C)C)N(C)CCc1ccc(N)cc1. The van der Waals surface area contributed by atoms with Crippen molar-refractivity contribution in [2.45, 2.75) is 136 Å². The fraction of sp³-hybridized carbons (Fsp3) is 0.660. The number of nitrogen functional groups attached to an aromatic ring is 1. The summed E-state index contributed by atoms with van der Waals surface area (Å²) < 4.78 is 11.9. The third kappa shape index (κ3) is 15.1. The number of amides is 4. The van der Waals surface area contributed by atoms with Crippen LogP contribution in [0.1, 0.15) is 105 Å². The maximum atomic E-state index is 14.1. The molecule has 1 heterocycles. The van der Waals surface area contributed by atoms with Crippen LogP contribution < -0.4 is 16.4 Å². The van der Waals surface area contributed by atoms with Gasteiger partial charge in [-0.1, -0.05) is 104 Å². The van der Waals surface area contributed by atoms with Gasteiger partial charge < -0.3 is 40.7 Å². The number of aliphatic hydroxyl groups is 1. The number of hydrogen-bond donors (Lipinski definition) is 4. The number of nitrogens with zero attached hydrogens (tertiary/aromatic N) is 3. The van der Waals surface area contributed by atoms with E-state index in [4.69, 9.17) is 15.2 Å². The molecule has 3 rings (SSSR count). The van der Waals surface area contributed by atoms with Gasteiger partial charge in [-0.15, -0.1) is 0 Å². The predicted octanol–water partition coefficient (Wildman–Crippen LogP) is 5.46. The van der Waals surface area contributed by atoms with Crippen molar-refractivity contribution in [2.24, 2.45) is 17.8 Å². The van der Waals surface area contributed by atoms with Crippen molar-refractivity contribution in [3.63, 3.8) is 0 Å². The van der Waals surface area contributed by atoms with Crippen molar-refractivity contribution in [3.05, 3.63) is 65.7 Å². The van der Waals surface area contributed by atoms with E-state index in [-0.39, 0.29) is 54.5 Å². The van der Waals surface area contributed by atoms with Gasteiger partial charge in [0.15, 0.2) is 0 Å². The van der Waals surface area contributed by atoms with Crippen molar-refractivity contribution < 1.29 is 33.8 Å². The molecule has 13 heteroatoms. The standard InChI is InChI=1S/C44H70N6O7.C3H8/c1-11-29(4)40(49(8)38(52)27-46-44(55)39(28(2)3)48(7)25-23-32-19-21-34(45)22-20-32)36(56-9)26-37(51)50-24-15-18-35(50)42(57-10)30(5)43(54)47-31(6)41(53)33-16-13-12-14-17-33;1-3-2/h12-14,16-17,19-22,28-31,35-36,39-42,53H,11,15,18,23-27,45H2,1-10H3,(H,46,55)(H,47,54);3H2,1-2H3. The molecule has 0 aliphatic carbocycles. The van der Waals surface area contributed by atoms with Gasteiger partial charge in [0.1, 0.15) is 0 Å². The van der Waals surface area contributed by atoms with Gasteiger partial charge in [-0.25, -0.2) is 0 Å². The first-order valence-electron chi connectivity index (χ1n) is 21.9. The largest absolute Gasteiger partial charge is 0.399 e. The molecule has 338 valence electrons. The zero-order chi connectivity index (χ0) is 45.1. The summed E-state index contributed by atoms with van der Waals surface area (Å²) in [6.45, 7) is 16.8. The molecule has 0 spiro atoms. The molecule has 0 aromatic heterocycles. The molecule has 1 aliphatic rings. The third-order valence-corrected chi connectivity index (χ3v) is 11.8. The summed E-state index contributed by atoms with van der Waals surface area (Å²) in [7, 11) is 6.73. The number of nitrogens with two attached hydrogens (primary N) is 1. The highest BCUT2D eigenvalue weighted by Gasteiger charge is 2.42. The minimum atomic E-state index is -0.881. The number of aliphatic hydroxyl groups excluding tert-OH is 1. The second-order valence-corrected chi connectivity index (χ2v) is 16.9. The van der Waals surface area contributed by atoms with Crippen LogP contribution in [0.5, 0.6) is 0 Å². The fourth-order valence-corrected chi connectivity index (χ4v) is 8.23. The minimum Gasteiger partial charge on any atom is -0.399 e. The monoisotopic (exact) mass is 839 g/mol. The van der Waals surface area contributed by atoms with Crippen LogP contribution in [0, 0.1) is 17.8 Å². The Kier molecular flexibility index (Phi) is 22.9. The number of anilines is 1. The number of methoxy groups -OCH3 is 2. The summed E-state index contributed by atoms with van der Waals surface area (Å²) in [5.74, 6) is -1.53. The van der Waals surface area contributed by atoms with E-state index in [0.29, 0.717) is 30.8 Å². The summed E-state index contributed by atoms with van der Waals surface area (Å²) in [4.78, 5) is 60.3. The molecule has 60 heavy (non-hydrogen) atoms. The number of ether oxygens (including phenoxy) is 2. The quantitative estimate of drug-likeness (QED) is 0.113. The smallest absolute Gasteiger partial charge is 0.242 e. The van der Waals surface area contributed by atoms with Crippen LogP contribution in [-0.2, 0) is 35.1 Å². The molecule has 9 atom stereocenters. The first-order valence-corrected chi connectivity index (χ1v) is 21.9. The first kappa shape index (κ1) is 52.1. The molecule has 0 radical (unpaired) electrons. The van der Waals surface area contributed by atoms with E-state index in [2.05, 4.69) is 24.5 Å². The molecule has 2 aromatic rings. The molecular weight excluding hydrogens is 761 g/mol. The number of rotatable bonds is 22. The Morgan fingerprint density at radius 2 is 1.53 bits per heavy atom. The maximum absolute atomic E-state index is 14.1. The zero-order valence-electron chi connectivity index (χ0n) is 38.6. The maximum Gasteiger partial charge on any atom is 0.242 e. The van der Waals surface area contributed by atoms with Gasteiger partial charge in [0.25, 0.3) is 0 Å². The lowest BCUT2D eigenvalue weighted by Gasteiger charge is -2.39. The van der Waals surface area contributed by atoms with E-state index in [1.807, 2.05) is 94.2 Å². The summed E-state index contributed by atoms with van der Waals surface area (Å²) in [6, 6.07) is 15.1. The van der Waals surface area contributed by atoms with Crippen molar-refractivity contribution in [2.75, 3.05) is 53.7 Å². The summed E-state index contributed by atoms with van der Waals surface area (Å²) in [5.41, 5.74) is 8.37. The molecule has 2 aromatic carbocycles. The second-order valence-electron chi connectivity index (χ2n) is 16.9. The normalized spacial score (nSPS) is 18.0. The number of benzene rings is 2. The Morgan fingerprint density at radius 3 is 2.08 bits per heavy atom. The van der Waals surface area contributed by atoms with Gasteiger partial charge in [0, 0.05) is 40.0 Å². The molecule has 4 amide bonds. The highest BCUT2D eigenvalue weighted by molar-refractivity contribution is 5.88. The van der Waals surface area contributed by atoms with E-state index >= 15 is 0 Å². The highest BCUT2D eigenvalue weighted by atomic mass is 16.5. The Bertz CT molecular complexity index is 1580. The van der Waals surface area contributed by atoms with Gasteiger partial charge in [-0.05, 0) is 68.3 Å². The van der Waals surface area contributed by atoms with Crippen LogP contribution in [-0.4, -0.2) is 128 Å². The van der Waals surface area contributed by atoms with Crippen LogP contribution in [0.2, 0.25) is 0 Å². The number of carbonyl (C=O) groups excluding carboxylic acids is 4. The van der Waals surface area contributed by atoms with Crippen LogP contribution in [0.25, 0.3) is 0 Å². The lowest BCUT2D eigenvalue weighted by Crippen LogP contribution is -2.55. The van der Waals surface area contributed by atoms with Gasteiger partial charge >= 0.3 is 0 Å². The van der Waals surface area contributed by atoms with Crippen molar-refractivity contribution in [3.8, 4) is 0 Å².